The average molecular weight is 437 g/mol. The van der Waals surface area contributed by atoms with E-state index in [0.717, 1.165) is 32.7 Å². The van der Waals surface area contributed by atoms with Gasteiger partial charge in [-0.25, -0.2) is 0 Å². The fourth-order valence-electron chi connectivity index (χ4n) is 2.96. The van der Waals surface area contributed by atoms with Crippen LogP contribution in [0.4, 0.5) is 0 Å². The van der Waals surface area contributed by atoms with E-state index in [4.69, 9.17) is 0 Å². The summed E-state index contributed by atoms with van der Waals surface area (Å²) < 4.78 is 2.75. The first-order valence-electron chi connectivity index (χ1n) is 8.20. The first-order chi connectivity index (χ1) is 11.6. The topological polar surface area (TPSA) is 66.9 Å². The van der Waals surface area contributed by atoms with Crippen LogP contribution in [-0.4, -0.2) is 22.0 Å². The molecule has 0 unspecified atom stereocenters. The number of nitrogens with zero attached hydrogens (tertiary/aromatic N) is 1. The maximum absolute atomic E-state index is 12.8. The molecule has 0 radical (unpaired) electrons. The van der Waals surface area contributed by atoms with Gasteiger partial charge < -0.3 is 14.9 Å². The highest BCUT2D eigenvalue weighted by molar-refractivity contribution is 14.1. The van der Waals surface area contributed by atoms with Crippen molar-refractivity contribution in [3.63, 3.8) is 0 Å². The van der Waals surface area contributed by atoms with Crippen molar-refractivity contribution in [3.05, 3.63) is 43.9 Å². The summed E-state index contributed by atoms with van der Waals surface area (Å²) in [5.41, 5.74) is 1.54. The number of H-pyrrole nitrogens is 1. The number of hydrogen-bond acceptors (Lipinski definition) is 2. The predicted molar refractivity (Wildman–Crippen MR) is 106 cm³/mol. The number of rotatable bonds is 5. The number of aryl methyl sites for hydroxylation is 1. The van der Waals surface area contributed by atoms with Crippen molar-refractivity contribution in [2.45, 2.75) is 33.2 Å². The molecule has 3 rings (SSSR count). The lowest BCUT2D eigenvalue weighted by Gasteiger charge is -2.09. The molecule has 0 saturated heterocycles. The van der Waals surface area contributed by atoms with Gasteiger partial charge in [-0.15, -0.1) is 0 Å². The second kappa shape index (κ2) is 6.96. The van der Waals surface area contributed by atoms with Crippen LogP contribution in [0.3, 0.4) is 0 Å². The molecule has 2 heterocycles. The first-order valence-corrected chi connectivity index (χ1v) is 9.27. The summed E-state index contributed by atoms with van der Waals surface area (Å²) in [6.45, 7) is 5.16. The molecule has 1 aromatic carbocycles. The van der Waals surface area contributed by atoms with Gasteiger partial charge in [0.15, 0.2) is 0 Å². The number of amides is 1. The molecule has 3 aromatic rings. The zero-order valence-electron chi connectivity index (χ0n) is 13.8. The molecule has 24 heavy (non-hydrogen) atoms. The van der Waals surface area contributed by atoms with Crippen molar-refractivity contribution in [2.24, 2.45) is 0 Å². The number of pyridine rings is 1. The third kappa shape index (κ3) is 2.83. The number of benzene rings is 1. The second-order valence-corrected chi connectivity index (χ2v) is 7.00. The Morgan fingerprint density at radius 3 is 2.79 bits per heavy atom. The summed E-state index contributed by atoms with van der Waals surface area (Å²) >= 11 is 2.29. The molecule has 0 bridgehead atoms. The summed E-state index contributed by atoms with van der Waals surface area (Å²) in [5, 5.41) is 4.81. The monoisotopic (exact) mass is 437 g/mol. The van der Waals surface area contributed by atoms with Crippen LogP contribution in [0.5, 0.6) is 0 Å². The van der Waals surface area contributed by atoms with Crippen molar-refractivity contribution in [3.8, 4) is 0 Å². The van der Waals surface area contributed by atoms with Crippen LogP contribution in [0, 0.1) is 3.57 Å². The highest BCUT2D eigenvalue weighted by Gasteiger charge is 2.20. The summed E-state index contributed by atoms with van der Waals surface area (Å²) in [6.07, 6.45) is 3.54. The number of halogens is 1. The summed E-state index contributed by atoms with van der Waals surface area (Å²) in [4.78, 5) is 28.7. The van der Waals surface area contributed by atoms with E-state index < -0.39 is 0 Å². The predicted octanol–water partition coefficient (Wildman–Crippen LogP) is 3.64. The van der Waals surface area contributed by atoms with Crippen molar-refractivity contribution >= 4 is 50.3 Å². The van der Waals surface area contributed by atoms with Crippen LogP contribution < -0.4 is 10.9 Å². The Kier molecular flexibility index (Phi) is 4.93. The van der Waals surface area contributed by atoms with Gasteiger partial charge in [-0.3, -0.25) is 9.59 Å². The summed E-state index contributed by atoms with van der Waals surface area (Å²) in [6, 6.07) is 5.97. The SMILES string of the molecule is CCCNC(=O)c1c(=O)n(CCC)cc2c1[nH]c1cccc(I)c12. The zero-order chi connectivity index (χ0) is 17.3. The van der Waals surface area contributed by atoms with E-state index in [2.05, 4.69) is 32.9 Å². The largest absolute Gasteiger partial charge is 0.354 e. The van der Waals surface area contributed by atoms with Gasteiger partial charge in [-0.1, -0.05) is 19.9 Å². The summed E-state index contributed by atoms with van der Waals surface area (Å²) in [5.74, 6) is -0.307. The van der Waals surface area contributed by atoms with E-state index >= 15 is 0 Å². The molecule has 2 N–H and O–H groups in total. The highest BCUT2D eigenvalue weighted by atomic mass is 127. The standard InChI is InChI=1S/C18H20IN3O2/c1-3-8-20-17(23)15-16-11(10-22(9-4-2)18(15)24)14-12(19)6-5-7-13(14)21-16/h5-7,10,21H,3-4,8-9H2,1-2H3,(H,20,23). The molecule has 1 amide bonds. The number of carbonyl (C=O) groups is 1. The lowest BCUT2D eigenvalue weighted by atomic mass is 10.1. The number of aromatic amines is 1. The van der Waals surface area contributed by atoms with Crippen LogP contribution in [0.1, 0.15) is 37.0 Å². The third-order valence-corrected chi connectivity index (χ3v) is 4.95. The number of nitrogens with one attached hydrogen (secondary N) is 2. The maximum atomic E-state index is 12.8. The van der Waals surface area contributed by atoms with Gasteiger partial charge in [-0.2, -0.15) is 0 Å². The van der Waals surface area contributed by atoms with Crippen LogP contribution >= 0.6 is 22.6 Å². The van der Waals surface area contributed by atoms with Crippen molar-refractivity contribution in [2.75, 3.05) is 6.54 Å². The molecule has 126 valence electrons. The van der Waals surface area contributed by atoms with Gasteiger partial charge in [0.2, 0.25) is 0 Å². The highest BCUT2D eigenvalue weighted by Crippen LogP contribution is 2.30. The molecule has 0 aliphatic carbocycles. The average Bonchev–Trinajstić information content (AvgIpc) is 2.92. The summed E-state index contributed by atoms with van der Waals surface area (Å²) in [7, 11) is 0. The lowest BCUT2D eigenvalue weighted by molar-refractivity contribution is 0.0953. The molecule has 6 heteroatoms. The molecular weight excluding hydrogens is 417 g/mol. The molecular formula is C18H20IN3O2. The number of hydrogen-bond donors (Lipinski definition) is 2. The van der Waals surface area contributed by atoms with E-state index in [1.807, 2.05) is 38.2 Å². The number of fused-ring (bicyclic) bond motifs is 3. The molecule has 0 spiro atoms. The Morgan fingerprint density at radius 1 is 1.29 bits per heavy atom. The van der Waals surface area contributed by atoms with Gasteiger partial charge in [0, 0.05) is 39.1 Å². The molecule has 0 atom stereocenters. The Hall–Kier alpha value is -1.83. The van der Waals surface area contributed by atoms with E-state index in [1.165, 1.54) is 0 Å². The van der Waals surface area contributed by atoms with E-state index in [-0.39, 0.29) is 17.0 Å². The molecule has 0 fully saturated rings. The van der Waals surface area contributed by atoms with Gasteiger partial charge >= 0.3 is 0 Å². The molecule has 2 aromatic heterocycles. The molecule has 5 nitrogen and oxygen atoms in total. The fourth-order valence-corrected chi connectivity index (χ4v) is 3.75. The van der Waals surface area contributed by atoms with Gasteiger partial charge in [0.25, 0.3) is 11.5 Å². The van der Waals surface area contributed by atoms with Crippen LogP contribution in [0.25, 0.3) is 21.8 Å². The van der Waals surface area contributed by atoms with Crippen molar-refractivity contribution in [1.29, 1.82) is 0 Å². The van der Waals surface area contributed by atoms with Gasteiger partial charge in [0.05, 0.1) is 5.52 Å². The van der Waals surface area contributed by atoms with Crippen LogP contribution in [0.15, 0.2) is 29.2 Å². The quantitative estimate of drug-likeness (QED) is 0.599. The third-order valence-electron chi connectivity index (χ3n) is 4.05. The number of carbonyl (C=O) groups excluding carboxylic acids is 1. The maximum Gasteiger partial charge on any atom is 0.265 e. The van der Waals surface area contributed by atoms with Crippen molar-refractivity contribution in [1.82, 2.24) is 14.9 Å². The minimum Gasteiger partial charge on any atom is -0.354 e. The van der Waals surface area contributed by atoms with Gasteiger partial charge in [0.1, 0.15) is 5.56 Å². The Balaban J connectivity index is 2.36. The van der Waals surface area contributed by atoms with Crippen molar-refractivity contribution < 1.29 is 4.79 Å². The molecule has 0 saturated carbocycles. The molecule has 0 aliphatic rings. The first kappa shape index (κ1) is 17.0. The zero-order valence-corrected chi connectivity index (χ0v) is 15.9. The minimum atomic E-state index is -0.307. The van der Waals surface area contributed by atoms with Gasteiger partial charge in [-0.05, 0) is 47.6 Å². The fraction of sp³-hybridized carbons (Fsp3) is 0.333. The van der Waals surface area contributed by atoms with E-state index in [9.17, 15) is 9.59 Å². The molecule has 0 aliphatic heterocycles. The van der Waals surface area contributed by atoms with Crippen LogP contribution in [0.2, 0.25) is 0 Å². The normalized spacial score (nSPS) is 11.3. The Labute approximate surface area is 153 Å². The number of aromatic nitrogens is 2. The Morgan fingerprint density at radius 2 is 2.08 bits per heavy atom. The van der Waals surface area contributed by atoms with Crippen LogP contribution in [-0.2, 0) is 6.54 Å². The van der Waals surface area contributed by atoms with E-state index in [1.54, 1.807) is 4.57 Å². The Bertz CT molecular complexity index is 972. The van der Waals surface area contributed by atoms with E-state index in [0.29, 0.717) is 18.6 Å². The second-order valence-electron chi connectivity index (χ2n) is 5.83. The lowest BCUT2D eigenvalue weighted by Crippen LogP contribution is -2.33. The minimum absolute atomic E-state index is 0.210. The smallest absolute Gasteiger partial charge is 0.265 e.